The zero-order valence-electron chi connectivity index (χ0n) is 11.6. The molecule has 2 rings (SSSR count). The molecule has 0 spiro atoms. The first kappa shape index (κ1) is 15.5. The van der Waals surface area contributed by atoms with Crippen LogP contribution in [0.4, 0.5) is 4.39 Å². The van der Waals surface area contributed by atoms with Crippen LogP contribution in [-0.2, 0) is 0 Å². The molecule has 1 amide bonds. The van der Waals surface area contributed by atoms with Gasteiger partial charge in [0.1, 0.15) is 18.2 Å². The first-order valence-corrected chi connectivity index (χ1v) is 7.26. The van der Waals surface area contributed by atoms with E-state index >= 15 is 0 Å². The van der Waals surface area contributed by atoms with E-state index in [1.165, 1.54) is 11.0 Å². The molecule has 5 heteroatoms. The van der Waals surface area contributed by atoms with Crippen molar-refractivity contribution in [2.45, 2.75) is 0 Å². The van der Waals surface area contributed by atoms with Crippen molar-refractivity contribution in [3.8, 4) is 5.75 Å². The van der Waals surface area contributed by atoms with Gasteiger partial charge in [0.2, 0.25) is 0 Å². The molecule has 0 heterocycles. The van der Waals surface area contributed by atoms with Crippen LogP contribution in [0.2, 0.25) is 0 Å². The van der Waals surface area contributed by atoms with Crippen LogP contribution in [0.25, 0.3) is 0 Å². The van der Waals surface area contributed by atoms with Gasteiger partial charge in [-0.25, -0.2) is 4.39 Å². The number of rotatable bonds is 5. The smallest absolute Gasteiger partial charge is 0.257 e. The number of carbonyl (C=O) groups excluding carboxylic acids is 1. The minimum Gasteiger partial charge on any atom is -0.492 e. The van der Waals surface area contributed by atoms with Gasteiger partial charge >= 0.3 is 0 Å². The number of benzene rings is 2. The largest absolute Gasteiger partial charge is 0.492 e. The number of para-hydroxylation sites is 1. The van der Waals surface area contributed by atoms with Crippen LogP contribution in [0.3, 0.4) is 0 Å². The van der Waals surface area contributed by atoms with Crippen molar-refractivity contribution in [1.29, 1.82) is 0 Å². The number of ether oxygens (including phenoxy) is 1. The van der Waals surface area contributed by atoms with E-state index in [0.717, 1.165) is 5.75 Å². The van der Waals surface area contributed by atoms with E-state index in [-0.39, 0.29) is 11.5 Å². The van der Waals surface area contributed by atoms with Gasteiger partial charge in [-0.15, -0.1) is 0 Å². The molecule has 0 radical (unpaired) electrons. The van der Waals surface area contributed by atoms with E-state index in [1.54, 1.807) is 19.2 Å². The molecule has 0 N–H and O–H groups in total. The molecule has 3 nitrogen and oxygen atoms in total. The second kappa shape index (κ2) is 7.22. The van der Waals surface area contributed by atoms with Crippen molar-refractivity contribution < 1.29 is 13.9 Å². The summed E-state index contributed by atoms with van der Waals surface area (Å²) in [6.07, 6.45) is 0. The minimum atomic E-state index is -0.537. The molecule has 0 aromatic heterocycles. The average Bonchev–Trinajstić information content (AvgIpc) is 2.48. The van der Waals surface area contributed by atoms with E-state index in [2.05, 4.69) is 15.9 Å². The average molecular weight is 352 g/mol. The van der Waals surface area contributed by atoms with Crippen LogP contribution >= 0.6 is 15.9 Å². The van der Waals surface area contributed by atoms with Crippen molar-refractivity contribution in [2.24, 2.45) is 0 Å². The van der Waals surface area contributed by atoms with Gasteiger partial charge < -0.3 is 9.64 Å². The highest BCUT2D eigenvalue weighted by molar-refractivity contribution is 9.10. The highest BCUT2D eigenvalue weighted by atomic mass is 79.9. The van der Waals surface area contributed by atoms with Crippen LogP contribution in [0.5, 0.6) is 5.75 Å². The van der Waals surface area contributed by atoms with Gasteiger partial charge in [-0.2, -0.15) is 0 Å². The molecule has 0 atom stereocenters. The summed E-state index contributed by atoms with van der Waals surface area (Å²) >= 11 is 3.20. The maximum atomic E-state index is 13.7. The standard InChI is InChI=1S/C16H15BrFNO2/c1-19(10-11-21-12-6-3-2-4-7-12)16(20)15-13(17)8-5-9-14(15)18/h2-9H,10-11H2,1H3. The lowest BCUT2D eigenvalue weighted by atomic mass is 10.2. The molecular formula is C16H15BrFNO2. The SMILES string of the molecule is CN(CCOc1ccccc1)C(=O)c1c(F)cccc1Br. The first-order chi connectivity index (χ1) is 10.1. The number of amides is 1. The van der Waals surface area contributed by atoms with Crippen LogP contribution in [0.1, 0.15) is 10.4 Å². The summed E-state index contributed by atoms with van der Waals surface area (Å²) in [7, 11) is 1.62. The number of likely N-dealkylation sites (N-methyl/N-ethyl adjacent to an activating group) is 1. The van der Waals surface area contributed by atoms with Crippen LogP contribution in [0.15, 0.2) is 53.0 Å². The highest BCUT2D eigenvalue weighted by Gasteiger charge is 2.19. The highest BCUT2D eigenvalue weighted by Crippen LogP contribution is 2.21. The van der Waals surface area contributed by atoms with E-state index in [4.69, 9.17) is 4.74 Å². The molecule has 21 heavy (non-hydrogen) atoms. The number of halogens is 2. The van der Waals surface area contributed by atoms with Crippen LogP contribution in [0, 0.1) is 5.82 Å². The van der Waals surface area contributed by atoms with Crippen LogP contribution in [-0.4, -0.2) is 31.0 Å². The van der Waals surface area contributed by atoms with Crippen LogP contribution < -0.4 is 4.74 Å². The summed E-state index contributed by atoms with van der Waals surface area (Å²) in [5.74, 6) is -0.174. The van der Waals surface area contributed by atoms with Crippen molar-refractivity contribution >= 4 is 21.8 Å². The molecule has 110 valence electrons. The van der Waals surface area contributed by atoms with Gasteiger partial charge in [-0.1, -0.05) is 24.3 Å². The topological polar surface area (TPSA) is 29.5 Å². The van der Waals surface area contributed by atoms with Crippen molar-refractivity contribution in [2.75, 3.05) is 20.2 Å². The Balaban J connectivity index is 1.94. The van der Waals surface area contributed by atoms with Gasteiger partial charge in [0.25, 0.3) is 5.91 Å². The summed E-state index contributed by atoms with van der Waals surface area (Å²) in [5, 5.41) is 0. The molecular weight excluding hydrogens is 337 g/mol. The zero-order chi connectivity index (χ0) is 15.2. The Morgan fingerprint density at radius 1 is 1.19 bits per heavy atom. The summed E-state index contributed by atoms with van der Waals surface area (Å²) in [5.41, 5.74) is 0.0414. The molecule has 2 aromatic rings. The molecule has 0 unspecified atom stereocenters. The van der Waals surface area contributed by atoms with E-state index in [0.29, 0.717) is 17.6 Å². The predicted octanol–water partition coefficient (Wildman–Crippen LogP) is 3.74. The van der Waals surface area contributed by atoms with Crippen molar-refractivity contribution in [3.05, 3.63) is 64.4 Å². The molecule has 0 saturated carbocycles. The Kier molecular flexibility index (Phi) is 5.33. The van der Waals surface area contributed by atoms with E-state index in [9.17, 15) is 9.18 Å². The second-order valence-corrected chi connectivity index (χ2v) is 5.34. The Morgan fingerprint density at radius 2 is 1.90 bits per heavy atom. The lowest BCUT2D eigenvalue weighted by molar-refractivity contribution is 0.0768. The monoisotopic (exact) mass is 351 g/mol. The number of carbonyl (C=O) groups is 1. The Hall–Kier alpha value is -1.88. The van der Waals surface area contributed by atoms with Crippen molar-refractivity contribution in [1.82, 2.24) is 4.90 Å². The van der Waals surface area contributed by atoms with Gasteiger partial charge in [0, 0.05) is 11.5 Å². The third-order valence-corrected chi connectivity index (χ3v) is 3.62. The fraction of sp³-hybridized carbons (Fsp3) is 0.188. The number of hydrogen-bond acceptors (Lipinski definition) is 2. The lowest BCUT2D eigenvalue weighted by Crippen LogP contribution is -2.31. The Bertz CT molecular complexity index is 599. The third kappa shape index (κ3) is 4.04. The first-order valence-electron chi connectivity index (χ1n) is 6.47. The summed E-state index contributed by atoms with van der Waals surface area (Å²) in [6.45, 7) is 0.715. The quantitative estimate of drug-likeness (QED) is 0.821. The summed E-state index contributed by atoms with van der Waals surface area (Å²) in [4.78, 5) is 13.7. The fourth-order valence-corrected chi connectivity index (χ4v) is 2.32. The molecule has 0 aliphatic heterocycles. The molecule has 0 fully saturated rings. The number of nitrogens with zero attached hydrogens (tertiary/aromatic N) is 1. The lowest BCUT2D eigenvalue weighted by Gasteiger charge is -2.18. The van der Waals surface area contributed by atoms with Gasteiger partial charge in [0.05, 0.1) is 12.1 Å². The third-order valence-electron chi connectivity index (χ3n) is 2.96. The maximum Gasteiger partial charge on any atom is 0.257 e. The second-order valence-electron chi connectivity index (χ2n) is 4.48. The van der Waals surface area contributed by atoms with E-state index < -0.39 is 5.82 Å². The minimum absolute atomic E-state index is 0.0414. The molecule has 0 bridgehead atoms. The normalized spacial score (nSPS) is 10.2. The zero-order valence-corrected chi connectivity index (χ0v) is 13.1. The Morgan fingerprint density at radius 3 is 2.57 bits per heavy atom. The molecule has 0 aliphatic rings. The molecule has 0 aliphatic carbocycles. The van der Waals surface area contributed by atoms with Gasteiger partial charge in [-0.3, -0.25) is 4.79 Å². The fourth-order valence-electron chi connectivity index (χ4n) is 1.81. The van der Waals surface area contributed by atoms with E-state index in [1.807, 2.05) is 30.3 Å². The Labute approximate surface area is 131 Å². The maximum absolute atomic E-state index is 13.7. The van der Waals surface area contributed by atoms with Gasteiger partial charge in [0.15, 0.2) is 0 Å². The molecule has 2 aromatic carbocycles. The number of hydrogen-bond donors (Lipinski definition) is 0. The summed E-state index contributed by atoms with van der Waals surface area (Å²) < 4.78 is 19.7. The molecule has 0 saturated heterocycles. The van der Waals surface area contributed by atoms with Gasteiger partial charge in [-0.05, 0) is 40.2 Å². The van der Waals surface area contributed by atoms with Crippen molar-refractivity contribution in [3.63, 3.8) is 0 Å². The predicted molar refractivity (Wildman–Crippen MR) is 83.0 cm³/mol. The summed E-state index contributed by atoms with van der Waals surface area (Å²) in [6, 6.07) is 13.8.